The lowest BCUT2D eigenvalue weighted by Gasteiger charge is -2.06. The summed E-state index contributed by atoms with van der Waals surface area (Å²) in [5.74, 6) is 0.858. The lowest BCUT2D eigenvalue weighted by molar-refractivity contribution is 0.296. The molecule has 0 unspecified atom stereocenters. The fraction of sp³-hybridized carbons (Fsp3) is 0.556. The number of hydrogen-bond donors (Lipinski definition) is 1. The molecule has 0 bridgehead atoms. The fourth-order valence-corrected chi connectivity index (χ4v) is 2.36. The lowest BCUT2D eigenvalue weighted by Crippen LogP contribution is -1.95. The first-order chi connectivity index (χ1) is 6.79. The van der Waals surface area contributed by atoms with Crippen molar-refractivity contribution in [3.8, 4) is 0 Å². The largest absolute Gasteiger partial charge is 0.396 e. The normalized spacial score (nSPS) is 10.5. The number of aromatic nitrogens is 2. The molecule has 1 aromatic heterocycles. The van der Waals surface area contributed by atoms with Gasteiger partial charge in [0.25, 0.3) is 0 Å². The molecule has 1 N–H and O–H groups in total. The van der Waals surface area contributed by atoms with Gasteiger partial charge in [-0.25, -0.2) is 9.97 Å². The van der Waals surface area contributed by atoms with Crippen LogP contribution in [-0.2, 0) is 6.42 Å². The van der Waals surface area contributed by atoms with Gasteiger partial charge in [-0.3, -0.25) is 0 Å². The average Bonchev–Trinajstić information content (AvgIpc) is 2.18. The van der Waals surface area contributed by atoms with Crippen LogP contribution in [0.3, 0.4) is 0 Å². The second-order valence-electron chi connectivity index (χ2n) is 2.73. The zero-order chi connectivity index (χ0) is 10.4. The van der Waals surface area contributed by atoms with Gasteiger partial charge in [-0.2, -0.15) is 0 Å². The summed E-state index contributed by atoms with van der Waals surface area (Å²) in [4.78, 5) is 8.10. The first-order valence-corrected chi connectivity index (χ1v) is 5.89. The Labute approximate surface area is 92.9 Å². The van der Waals surface area contributed by atoms with E-state index in [1.54, 1.807) is 11.8 Å². The Hall–Kier alpha value is -0.320. The Kier molecular flexibility index (Phi) is 5.22. The van der Waals surface area contributed by atoms with Gasteiger partial charge in [-0.05, 0) is 12.8 Å². The van der Waals surface area contributed by atoms with Crippen molar-refractivity contribution in [2.75, 3.05) is 12.4 Å². The Morgan fingerprint density at radius 2 is 2.29 bits per heavy atom. The Morgan fingerprint density at radius 1 is 1.50 bits per heavy atom. The van der Waals surface area contributed by atoms with E-state index in [1.807, 2.05) is 6.92 Å². The van der Waals surface area contributed by atoms with Crippen LogP contribution in [-0.4, -0.2) is 27.4 Å². The third-order valence-corrected chi connectivity index (χ3v) is 3.19. The highest BCUT2D eigenvalue weighted by atomic mass is 35.5. The van der Waals surface area contributed by atoms with E-state index in [-0.39, 0.29) is 6.61 Å². The maximum atomic E-state index is 8.65. The molecule has 0 aliphatic rings. The molecule has 5 heteroatoms. The summed E-state index contributed by atoms with van der Waals surface area (Å²) in [5.41, 5.74) is 0.997. The summed E-state index contributed by atoms with van der Waals surface area (Å²) in [6, 6.07) is 0. The molecule has 0 saturated carbocycles. The van der Waals surface area contributed by atoms with Crippen LogP contribution in [0.15, 0.2) is 11.4 Å². The van der Waals surface area contributed by atoms with E-state index in [0.29, 0.717) is 5.15 Å². The molecule has 1 rings (SSSR count). The van der Waals surface area contributed by atoms with E-state index in [1.165, 1.54) is 6.33 Å². The van der Waals surface area contributed by atoms with Crippen LogP contribution < -0.4 is 0 Å². The van der Waals surface area contributed by atoms with E-state index < -0.39 is 0 Å². The minimum Gasteiger partial charge on any atom is -0.396 e. The van der Waals surface area contributed by atoms with Gasteiger partial charge in [-0.15, -0.1) is 11.8 Å². The molecule has 14 heavy (non-hydrogen) atoms. The zero-order valence-electron chi connectivity index (χ0n) is 8.03. The summed E-state index contributed by atoms with van der Waals surface area (Å²) in [6.07, 6.45) is 3.08. The van der Waals surface area contributed by atoms with Gasteiger partial charge in [-0.1, -0.05) is 18.5 Å². The molecule has 1 aromatic rings. The van der Waals surface area contributed by atoms with Crippen molar-refractivity contribution in [2.24, 2.45) is 0 Å². The molecular weight excluding hydrogens is 220 g/mol. The highest BCUT2D eigenvalue weighted by Gasteiger charge is 2.07. The predicted octanol–water partition coefficient (Wildman–Crippen LogP) is 2.17. The Morgan fingerprint density at radius 3 is 2.93 bits per heavy atom. The number of nitrogens with zero attached hydrogens (tertiary/aromatic N) is 2. The van der Waals surface area contributed by atoms with Crippen molar-refractivity contribution in [3.05, 3.63) is 17.0 Å². The second kappa shape index (κ2) is 6.22. The Balaban J connectivity index is 2.70. The van der Waals surface area contributed by atoms with E-state index in [9.17, 15) is 0 Å². The predicted molar refractivity (Wildman–Crippen MR) is 58.8 cm³/mol. The maximum Gasteiger partial charge on any atom is 0.136 e. The molecule has 0 atom stereocenters. The molecule has 0 amide bonds. The quantitative estimate of drug-likeness (QED) is 0.480. The lowest BCUT2D eigenvalue weighted by atomic mass is 10.3. The van der Waals surface area contributed by atoms with Crippen molar-refractivity contribution < 1.29 is 5.11 Å². The van der Waals surface area contributed by atoms with Crippen LogP contribution in [0.1, 0.15) is 18.9 Å². The minimum atomic E-state index is 0.216. The molecular formula is C9H13ClN2OS. The van der Waals surface area contributed by atoms with Crippen molar-refractivity contribution in [1.82, 2.24) is 9.97 Å². The summed E-state index contributed by atoms with van der Waals surface area (Å²) >= 11 is 7.54. The van der Waals surface area contributed by atoms with Gasteiger partial charge in [0.05, 0.1) is 0 Å². The molecule has 78 valence electrons. The molecule has 0 aromatic carbocycles. The van der Waals surface area contributed by atoms with Gasteiger partial charge < -0.3 is 5.11 Å². The minimum absolute atomic E-state index is 0.216. The molecule has 0 spiro atoms. The first kappa shape index (κ1) is 11.8. The topological polar surface area (TPSA) is 46.0 Å². The van der Waals surface area contributed by atoms with Crippen LogP contribution in [0.25, 0.3) is 0 Å². The number of aliphatic hydroxyl groups excluding tert-OH is 1. The van der Waals surface area contributed by atoms with Crippen LogP contribution in [0.2, 0.25) is 5.15 Å². The highest BCUT2D eigenvalue weighted by molar-refractivity contribution is 7.99. The SMILES string of the molecule is CCc1c(Cl)ncnc1SCCCO. The number of hydrogen-bond acceptors (Lipinski definition) is 4. The molecule has 0 aliphatic heterocycles. The van der Waals surface area contributed by atoms with Crippen molar-refractivity contribution in [3.63, 3.8) is 0 Å². The third-order valence-electron chi connectivity index (χ3n) is 1.75. The maximum absolute atomic E-state index is 8.65. The van der Waals surface area contributed by atoms with Crippen LogP contribution >= 0.6 is 23.4 Å². The zero-order valence-corrected chi connectivity index (χ0v) is 9.61. The highest BCUT2D eigenvalue weighted by Crippen LogP contribution is 2.25. The van der Waals surface area contributed by atoms with E-state index in [2.05, 4.69) is 9.97 Å². The van der Waals surface area contributed by atoms with Crippen molar-refractivity contribution in [1.29, 1.82) is 0 Å². The number of thioether (sulfide) groups is 1. The van der Waals surface area contributed by atoms with Crippen LogP contribution in [0, 0.1) is 0 Å². The average molecular weight is 233 g/mol. The number of rotatable bonds is 5. The summed E-state index contributed by atoms with van der Waals surface area (Å²) in [7, 11) is 0. The number of aliphatic hydroxyl groups is 1. The first-order valence-electron chi connectivity index (χ1n) is 4.52. The number of halogens is 1. The summed E-state index contributed by atoms with van der Waals surface area (Å²) in [6.45, 7) is 2.24. The molecule has 0 fully saturated rings. The molecule has 1 heterocycles. The smallest absolute Gasteiger partial charge is 0.136 e. The van der Waals surface area contributed by atoms with Gasteiger partial charge in [0.2, 0.25) is 0 Å². The summed E-state index contributed by atoms with van der Waals surface area (Å²) in [5, 5.41) is 10.1. The van der Waals surface area contributed by atoms with E-state index in [0.717, 1.165) is 29.2 Å². The van der Waals surface area contributed by atoms with Gasteiger partial charge in [0.15, 0.2) is 0 Å². The fourth-order valence-electron chi connectivity index (χ4n) is 1.03. The third kappa shape index (κ3) is 3.12. The monoisotopic (exact) mass is 232 g/mol. The Bertz CT molecular complexity index is 296. The van der Waals surface area contributed by atoms with Gasteiger partial charge in [0.1, 0.15) is 16.5 Å². The van der Waals surface area contributed by atoms with E-state index >= 15 is 0 Å². The second-order valence-corrected chi connectivity index (χ2v) is 4.17. The molecule has 3 nitrogen and oxygen atoms in total. The molecule has 0 aliphatic carbocycles. The van der Waals surface area contributed by atoms with Gasteiger partial charge >= 0.3 is 0 Å². The van der Waals surface area contributed by atoms with Crippen molar-refractivity contribution >= 4 is 23.4 Å². The summed E-state index contributed by atoms with van der Waals surface area (Å²) < 4.78 is 0. The van der Waals surface area contributed by atoms with Crippen LogP contribution in [0.5, 0.6) is 0 Å². The van der Waals surface area contributed by atoms with Crippen molar-refractivity contribution in [2.45, 2.75) is 24.8 Å². The molecule has 0 saturated heterocycles. The molecule has 0 radical (unpaired) electrons. The standard InChI is InChI=1S/C9H13ClN2OS/c1-2-7-8(10)11-6-12-9(7)14-5-3-4-13/h6,13H,2-5H2,1H3. The van der Waals surface area contributed by atoms with Gasteiger partial charge in [0, 0.05) is 17.9 Å². The van der Waals surface area contributed by atoms with Crippen LogP contribution in [0.4, 0.5) is 0 Å². The van der Waals surface area contributed by atoms with E-state index in [4.69, 9.17) is 16.7 Å².